The highest BCUT2D eigenvalue weighted by molar-refractivity contribution is 5.75. The van der Waals surface area contributed by atoms with Crippen molar-refractivity contribution in [3.63, 3.8) is 0 Å². The first-order chi connectivity index (χ1) is 7.26. The Hall–Kier alpha value is -1.42. The van der Waals surface area contributed by atoms with E-state index < -0.39 is 0 Å². The van der Waals surface area contributed by atoms with Crippen LogP contribution >= 0.6 is 0 Å². The topological polar surface area (TPSA) is 56.7 Å². The molecule has 2 N–H and O–H groups in total. The predicted octanol–water partition coefficient (Wildman–Crippen LogP) is 1.86. The number of pyridine rings is 1. The van der Waals surface area contributed by atoms with Crippen LogP contribution in [0.15, 0.2) is 18.5 Å². The molecule has 4 nitrogen and oxygen atoms in total. The van der Waals surface area contributed by atoms with Crippen LogP contribution in [-0.4, -0.2) is 14.8 Å². The quantitative estimate of drug-likeness (QED) is 0.830. The molecule has 2 rings (SSSR count). The molecule has 4 heteroatoms. The van der Waals surface area contributed by atoms with Crippen molar-refractivity contribution in [3.05, 3.63) is 24.0 Å². The largest absolute Gasteiger partial charge is 0.326 e. The van der Waals surface area contributed by atoms with Crippen LogP contribution in [0.25, 0.3) is 11.0 Å². The van der Waals surface area contributed by atoms with Crippen LogP contribution in [0, 0.1) is 0 Å². The lowest BCUT2D eigenvalue weighted by molar-refractivity contribution is 0.490. The third kappa shape index (κ3) is 1.72. The van der Waals surface area contributed by atoms with Gasteiger partial charge in [0.15, 0.2) is 5.65 Å². The van der Waals surface area contributed by atoms with Crippen molar-refractivity contribution in [2.24, 2.45) is 5.73 Å². The molecular weight excluding hydrogens is 188 g/mol. The van der Waals surface area contributed by atoms with Crippen molar-refractivity contribution in [1.82, 2.24) is 14.8 Å². The van der Waals surface area contributed by atoms with Crippen LogP contribution in [0.2, 0.25) is 0 Å². The summed E-state index contributed by atoms with van der Waals surface area (Å²) in [5.41, 5.74) is 7.56. The zero-order chi connectivity index (χ0) is 10.8. The van der Waals surface area contributed by atoms with Crippen molar-refractivity contribution >= 4 is 11.0 Å². The van der Waals surface area contributed by atoms with Crippen molar-refractivity contribution in [2.45, 2.75) is 32.9 Å². The van der Waals surface area contributed by atoms with Crippen LogP contribution < -0.4 is 5.73 Å². The fraction of sp³-hybridized carbons (Fsp3) is 0.455. The molecule has 80 valence electrons. The van der Waals surface area contributed by atoms with E-state index in [1.165, 1.54) is 0 Å². The normalized spacial score (nSPS) is 13.3. The Bertz CT molecular complexity index is 461. The van der Waals surface area contributed by atoms with Gasteiger partial charge >= 0.3 is 0 Å². The van der Waals surface area contributed by atoms with Crippen molar-refractivity contribution < 1.29 is 0 Å². The second kappa shape index (κ2) is 3.98. The van der Waals surface area contributed by atoms with Crippen LogP contribution in [0.1, 0.15) is 31.9 Å². The van der Waals surface area contributed by atoms with Gasteiger partial charge in [-0.05, 0) is 25.0 Å². The monoisotopic (exact) mass is 204 g/mol. The molecule has 0 radical (unpaired) electrons. The molecule has 0 aliphatic carbocycles. The summed E-state index contributed by atoms with van der Waals surface area (Å²) in [4.78, 5) is 4.40. The first-order valence-corrected chi connectivity index (χ1v) is 5.28. The molecule has 0 spiro atoms. The molecule has 0 bridgehead atoms. The molecule has 0 saturated carbocycles. The van der Waals surface area contributed by atoms with E-state index in [4.69, 9.17) is 5.73 Å². The Balaban J connectivity index is 2.52. The molecule has 0 aliphatic heterocycles. The fourth-order valence-electron chi connectivity index (χ4n) is 1.59. The first kappa shape index (κ1) is 10.1. The number of hydrogen-bond acceptors (Lipinski definition) is 3. The van der Waals surface area contributed by atoms with Gasteiger partial charge < -0.3 is 5.73 Å². The maximum Gasteiger partial charge on any atom is 0.157 e. The summed E-state index contributed by atoms with van der Waals surface area (Å²) in [5, 5.41) is 5.42. The molecule has 1 atom stereocenters. The number of nitrogens with zero attached hydrogens (tertiary/aromatic N) is 3. The molecule has 0 amide bonds. The summed E-state index contributed by atoms with van der Waals surface area (Å²) in [5.74, 6) is 0. The van der Waals surface area contributed by atoms with Gasteiger partial charge in [-0.1, -0.05) is 6.92 Å². The van der Waals surface area contributed by atoms with Gasteiger partial charge in [0, 0.05) is 18.1 Å². The minimum Gasteiger partial charge on any atom is -0.326 e. The minimum atomic E-state index is 0.388. The molecule has 1 unspecified atom stereocenters. The Morgan fingerprint density at radius 2 is 2.27 bits per heavy atom. The molecule has 2 aromatic heterocycles. The number of aromatic nitrogens is 3. The van der Waals surface area contributed by atoms with E-state index in [2.05, 4.69) is 23.9 Å². The first-order valence-electron chi connectivity index (χ1n) is 5.28. The lowest BCUT2D eigenvalue weighted by atomic mass is 10.2. The Kier molecular flexibility index (Phi) is 2.68. The van der Waals surface area contributed by atoms with Crippen LogP contribution in [0.3, 0.4) is 0 Å². The predicted molar refractivity (Wildman–Crippen MR) is 60.4 cm³/mol. The SMILES string of the molecule is CCC(C)n1ncc2cc(CN)cnc21. The maximum atomic E-state index is 5.57. The van der Waals surface area contributed by atoms with Gasteiger partial charge in [0.05, 0.1) is 12.2 Å². The van der Waals surface area contributed by atoms with Gasteiger partial charge in [0.1, 0.15) is 0 Å². The molecule has 0 fully saturated rings. The molecule has 2 aromatic rings. The van der Waals surface area contributed by atoms with Gasteiger partial charge in [-0.25, -0.2) is 9.67 Å². The van der Waals surface area contributed by atoms with Crippen molar-refractivity contribution in [1.29, 1.82) is 0 Å². The van der Waals surface area contributed by atoms with Crippen molar-refractivity contribution in [2.75, 3.05) is 0 Å². The highest BCUT2D eigenvalue weighted by Gasteiger charge is 2.09. The highest BCUT2D eigenvalue weighted by Crippen LogP contribution is 2.18. The average molecular weight is 204 g/mol. The minimum absolute atomic E-state index is 0.388. The molecule has 2 heterocycles. The number of nitrogens with two attached hydrogens (primary N) is 1. The molecule has 0 aromatic carbocycles. The zero-order valence-electron chi connectivity index (χ0n) is 9.14. The zero-order valence-corrected chi connectivity index (χ0v) is 9.14. The second-order valence-electron chi connectivity index (χ2n) is 3.81. The maximum absolute atomic E-state index is 5.57. The third-order valence-electron chi connectivity index (χ3n) is 2.73. The highest BCUT2D eigenvalue weighted by atomic mass is 15.3. The number of hydrogen-bond donors (Lipinski definition) is 1. The lowest BCUT2D eigenvalue weighted by Gasteiger charge is -2.09. The van der Waals surface area contributed by atoms with E-state index in [0.29, 0.717) is 12.6 Å². The summed E-state index contributed by atoms with van der Waals surface area (Å²) in [6.45, 7) is 4.81. The van der Waals surface area contributed by atoms with Crippen molar-refractivity contribution in [3.8, 4) is 0 Å². The van der Waals surface area contributed by atoms with E-state index in [9.17, 15) is 0 Å². The average Bonchev–Trinajstić information content (AvgIpc) is 2.70. The fourth-order valence-corrected chi connectivity index (χ4v) is 1.59. The van der Waals surface area contributed by atoms with E-state index in [1.54, 1.807) is 0 Å². The smallest absolute Gasteiger partial charge is 0.157 e. The lowest BCUT2D eigenvalue weighted by Crippen LogP contribution is -2.06. The van der Waals surface area contributed by atoms with Gasteiger partial charge in [0.2, 0.25) is 0 Å². The molecule has 15 heavy (non-hydrogen) atoms. The molecule has 0 saturated heterocycles. The Morgan fingerprint density at radius 3 is 2.93 bits per heavy atom. The van der Waals surface area contributed by atoms with E-state index in [-0.39, 0.29) is 0 Å². The van der Waals surface area contributed by atoms with Gasteiger partial charge in [-0.2, -0.15) is 5.10 Å². The summed E-state index contributed by atoms with van der Waals surface area (Å²) in [6, 6.07) is 2.44. The van der Waals surface area contributed by atoms with Crippen LogP contribution in [-0.2, 0) is 6.54 Å². The van der Waals surface area contributed by atoms with Gasteiger partial charge in [0.25, 0.3) is 0 Å². The van der Waals surface area contributed by atoms with E-state index >= 15 is 0 Å². The van der Waals surface area contributed by atoms with Crippen LogP contribution in [0.4, 0.5) is 0 Å². The Labute approximate surface area is 89.1 Å². The van der Waals surface area contributed by atoms with E-state index in [1.807, 2.05) is 23.1 Å². The third-order valence-corrected chi connectivity index (χ3v) is 2.73. The Morgan fingerprint density at radius 1 is 1.47 bits per heavy atom. The standard InChI is InChI=1S/C11H16N4/c1-3-8(2)15-11-10(7-14-15)4-9(5-12)6-13-11/h4,6-8H,3,5,12H2,1-2H3. The van der Waals surface area contributed by atoms with Crippen LogP contribution in [0.5, 0.6) is 0 Å². The number of fused-ring (bicyclic) bond motifs is 1. The van der Waals surface area contributed by atoms with Gasteiger partial charge in [-0.15, -0.1) is 0 Å². The summed E-state index contributed by atoms with van der Waals surface area (Å²) >= 11 is 0. The second-order valence-corrected chi connectivity index (χ2v) is 3.81. The summed E-state index contributed by atoms with van der Waals surface area (Å²) in [6.07, 6.45) is 4.73. The number of rotatable bonds is 3. The van der Waals surface area contributed by atoms with E-state index in [0.717, 1.165) is 23.0 Å². The van der Waals surface area contributed by atoms with Gasteiger partial charge in [-0.3, -0.25) is 0 Å². The molecular formula is C11H16N4. The molecule has 0 aliphatic rings. The summed E-state index contributed by atoms with van der Waals surface area (Å²) in [7, 11) is 0. The summed E-state index contributed by atoms with van der Waals surface area (Å²) < 4.78 is 1.97.